The molecule has 8 heteroatoms. The van der Waals surface area contributed by atoms with Crippen molar-refractivity contribution in [1.82, 2.24) is 24.5 Å². The van der Waals surface area contributed by atoms with Crippen LogP contribution in [-0.4, -0.2) is 56.6 Å². The van der Waals surface area contributed by atoms with E-state index >= 15 is 0 Å². The number of carbonyl (C=O) groups is 1. The molecule has 0 radical (unpaired) electrons. The lowest BCUT2D eigenvalue weighted by Gasteiger charge is -2.35. The third-order valence-corrected chi connectivity index (χ3v) is 6.05. The Bertz CT molecular complexity index is 1040. The number of anilines is 1. The minimum absolute atomic E-state index is 0.0290. The van der Waals surface area contributed by atoms with Crippen LogP contribution in [0.5, 0.6) is 0 Å². The Kier molecular flexibility index (Phi) is 4.50. The number of halogens is 1. The molecule has 1 aliphatic heterocycles. The van der Waals surface area contributed by atoms with E-state index in [4.69, 9.17) is 10.1 Å². The zero-order chi connectivity index (χ0) is 19.1. The zero-order valence-corrected chi connectivity index (χ0v) is 17.1. The Hall–Kier alpha value is -2.48. The van der Waals surface area contributed by atoms with Crippen molar-refractivity contribution in [3.05, 3.63) is 52.1 Å². The van der Waals surface area contributed by atoms with Crippen molar-refractivity contribution in [2.24, 2.45) is 0 Å². The first-order chi connectivity index (χ1) is 13.7. The van der Waals surface area contributed by atoms with Crippen molar-refractivity contribution >= 4 is 33.2 Å². The molecule has 0 atom stereocenters. The molecule has 2 aliphatic rings. The minimum Gasteiger partial charge on any atom is -0.351 e. The van der Waals surface area contributed by atoms with E-state index < -0.39 is 0 Å². The summed E-state index contributed by atoms with van der Waals surface area (Å²) in [6.45, 7) is 2.87. The summed E-state index contributed by atoms with van der Waals surface area (Å²) in [6, 6.07) is 1.82. The van der Waals surface area contributed by atoms with Crippen molar-refractivity contribution in [1.29, 1.82) is 0 Å². The van der Waals surface area contributed by atoms with Crippen LogP contribution >= 0.6 is 15.9 Å². The smallest absolute Gasteiger partial charge is 0.255 e. The topological polar surface area (TPSA) is 66.6 Å². The van der Waals surface area contributed by atoms with Gasteiger partial charge in [-0.05, 0) is 47.7 Å². The Morgan fingerprint density at radius 1 is 1.07 bits per heavy atom. The highest BCUT2D eigenvalue weighted by molar-refractivity contribution is 9.10. The minimum atomic E-state index is 0.0290. The summed E-state index contributed by atoms with van der Waals surface area (Å²) in [5, 5.41) is 4.77. The van der Waals surface area contributed by atoms with Crippen molar-refractivity contribution in [3.63, 3.8) is 0 Å². The molecule has 7 nitrogen and oxygen atoms in total. The maximum absolute atomic E-state index is 12.8. The number of carbonyl (C=O) groups excluding carboxylic acids is 1. The number of hydrogen-bond acceptors (Lipinski definition) is 5. The van der Waals surface area contributed by atoms with Gasteiger partial charge >= 0.3 is 0 Å². The molecule has 1 aliphatic carbocycles. The highest BCUT2D eigenvalue weighted by atomic mass is 79.9. The van der Waals surface area contributed by atoms with E-state index in [-0.39, 0.29) is 5.91 Å². The van der Waals surface area contributed by atoms with Gasteiger partial charge in [0.2, 0.25) is 0 Å². The van der Waals surface area contributed by atoms with E-state index in [1.54, 1.807) is 12.4 Å². The molecule has 0 bridgehead atoms. The van der Waals surface area contributed by atoms with Crippen molar-refractivity contribution < 1.29 is 4.79 Å². The van der Waals surface area contributed by atoms with Gasteiger partial charge in [0.05, 0.1) is 11.3 Å². The fourth-order valence-electron chi connectivity index (χ4n) is 4.21. The van der Waals surface area contributed by atoms with Gasteiger partial charge < -0.3 is 9.80 Å². The lowest BCUT2D eigenvalue weighted by molar-refractivity contribution is 0.0746. The van der Waals surface area contributed by atoms with Gasteiger partial charge in [-0.15, -0.1) is 0 Å². The van der Waals surface area contributed by atoms with Crippen LogP contribution in [0.1, 0.15) is 34.5 Å². The predicted octanol–water partition coefficient (Wildman–Crippen LogP) is 2.73. The summed E-state index contributed by atoms with van der Waals surface area (Å²) < 4.78 is 2.81. The normalized spacial score (nSPS) is 17.0. The molecule has 1 saturated heterocycles. The maximum Gasteiger partial charge on any atom is 0.255 e. The summed E-state index contributed by atoms with van der Waals surface area (Å²) in [7, 11) is 0. The highest BCUT2D eigenvalue weighted by Gasteiger charge is 2.27. The molecule has 144 valence electrons. The van der Waals surface area contributed by atoms with Gasteiger partial charge in [-0.1, -0.05) is 0 Å². The van der Waals surface area contributed by atoms with Gasteiger partial charge in [0, 0.05) is 61.0 Å². The van der Waals surface area contributed by atoms with E-state index in [0.29, 0.717) is 18.7 Å². The lowest BCUT2D eigenvalue weighted by atomic mass is 9.97. The van der Waals surface area contributed by atoms with Gasteiger partial charge in [-0.3, -0.25) is 9.78 Å². The van der Waals surface area contributed by atoms with Crippen molar-refractivity contribution in [3.8, 4) is 0 Å². The molecule has 0 N–H and O–H groups in total. The van der Waals surface area contributed by atoms with Crippen LogP contribution < -0.4 is 4.90 Å². The molecule has 1 amide bonds. The van der Waals surface area contributed by atoms with E-state index in [1.807, 2.05) is 27.9 Å². The fraction of sp³-hybridized carbons (Fsp3) is 0.400. The maximum atomic E-state index is 12.8. The van der Waals surface area contributed by atoms with Crippen LogP contribution in [0.15, 0.2) is 35.3 Å². The number of piperazine rings is 1. The van der Waals surface area contributed by atoms with Crippen LogP contribution in [0.3, 0.4) is 0 Å². The van der Waals surface area contributed by atoms with E-state index in [2.05, 4.69) is 25.8 Å². The molecule has 3 aromatic rings. The lowest BCUT2D eigenvalue weighted by Crippen LogP contribution is -2.49. The molecule has 4 heterocycles. The number of pyridine rings is 1. The third-order valence-electron chi connectivity index (χ3n) is 5.62. The summed E-state index contributed by atoms with van der Waals surface area (Å²) >= 11 is 3.39. The van der Waals surface area contributed by atoms with Crippen LogP contribution in [0.2, 0.25) is 0 Å². The molecule has 1 fully saturated rings. The van der Waals surface area contributed by atoms with Crippen LogP contribution in [-0.2, 0) is 12.8 Å². The van der Waals surface area contributed by atoms with Crippen LogP contribution in [0, 0.1) is 0 Å². The third kappa shape index (κ3) is 3.05. The second-order valence-corrected chi connectivity index (χ2v) is 8.26. The highest BCUT2D eigenvalue weighted by Crippen LogP contribution is 2.30. The van der Waals surface area contributed by atoms with Gasteiger partial charge in [0.1, 0.15) is 5.52 Å². The molecule has 0 saturated carbocycles. The van der Waals surface area contributed by atoms with E-state index in [0.717, 1.165) is 41.7 Å². The van der Waals surface area contributed by atoms with Gasteiger partial charge in [0.15, 0.2) is 5.82 Å². The van der Waals surface area contributed by atoms with Gasteiger partial charge in [-0.2, -0.15) is 5.10 Å². The predicted molar refractivity (Wildman–Crippen MR) is 110 cm³/mol. The molecule has 5 rings (SSSR count). The van der Waals surface area contributed by atoms with Crippen molar-refractivity contribution in [2.45, 2.75) is 25.7 Å². The SMILES string of the molecule is O=C(c1cncc(Br)c1)N1CCN(c2nccn3nc4c(c23)CCCC4)CC1. The number of aryl methyl sites for hydroxylation is 2. The standard InChI is InChI=1S/C20H21BrN6O/c21-15-11-14(12-22-13-15)20(28)26-9-7-25(8-10-26)19-18-16-3-1-2-4-17(16)24-27(18)6-5-23-19/h5-6,11-13H,1-4,7-10H2. The monoisotopic (exact) mass is 440 g/mol. The summed E-state index contributed by atoms with van der Waals surface area (Å²) in [6.07, 6.45) is 11.6. The summed E-state index contributed by atoms with van der Waals surface area (Å²) in [5.41, 5.74) is 4.34. The molecule has 0 aromatic carbocycles. The largest absolute Gasteiger partial charge is 0.351 e. The van der Waals surface area contributed by atoms with Crippen LogP contribution in [0.4, 0.5) is 5.82 Å². The quantitative estimate of drug-likeness (QED) is 0.612. The number of aromatic nitrogens is 4. The Morgan fingerprint density at radius 3 is 2.71 bits per heavy atom. The second-order valence-electron chi connectivity index (χ2n) is 7.35. The van der Waals surface area contributed by atoms with E-state index in [9.17, 15) is 4.79 Å². The molecular weight excluding hydrogens is 420 g/mol. The molecule has 28 heavy (non-hydrogen) atoms. The summed E-state index contributed by atoms with van der Waals surface area (Å²) in [5.74, 6) is 1.02. The first-order valence-electron chi connectivity index (χ1n) is 9.70. The number of fused-ring (bicyclic) bond motifs is 3. The molecular formula is C20H21BrN6O. The van der Waals surface area contributed by atoms with Crippen molar-refractivity contribution in [2.75, 3.05) is 31.1 Å². The van der Waals surface area contributed by atoms with Gasteiger partial charge in [-0.25, -0.2) is 9.50 Å². The zero-order valence-electron chi connectivity index (χ0n) is 15.5. The first-order valence-corrected chi connectivity index (χ1v) is 10.5. The Morgan fingerprint density at radius 2 is 1.89 bits per heavy atom. The average molecular weight is 441 g/mol. The Balaban J connectivity index is 1.37. The first kappa shape index (κ1) is 17.6. The number of nitrogens with zero attached hydrogens (tertiary/aromatic N) is 6. The summed E-state index contributed by atoms with van der Waals surface area (Å²) in [4.78, 5) is 25.8. The van der Waals surface area contributed by atoms with Gasteiger partial charge in [0.25, 0.3) is 5.91 Å². The second kappa shape index (κ2) is 7.16. The fourth-order valence-corrected chi connectivity index (χ4v) is 4.58. The molecule has 0 spiro atoms. The van der Waals surface area contributed by atoms with E-state index in [1.165, 1.54) is 24.1 Å². The average Bonchev–Trinajstić information content (AvgIpc) is 3.12. The number of hydrogen-bond donors (Lipinski definition) is 0. The Labute approximate surface area is 171 Å². The van der Waals surface area contributed by atoms with Crippen LogP contribution in [0.25, 0.3) is 5.52 Å². The molecule has 0 unspecified atom stereocenters. The number of amides is 1. The number of rotatable bonds is 2. The molecule has 3 aromatic heterocycles.